The van der Waals surface area contributed by atoms with Crippen LogP contribution >= 0.6 is 0 Å². The fourth-order valence-electron chi connectivity index (χ4n) is 1.10. The van der Waals surface area contributed by atoms with E-state index in [-0.39, 0.29) is 19.5 Å². The van der Waals surface area contributed by atoms with Gasteiger partial charge in [-0.3, -0.25) is 0 Å². The molecule has 0 atom stereocenters. The fraction of sp³-hybridized carbons (Fsp3) is 0.556. The topological polar surface area (TPSA) is 0 Å². The smallest absolute Gasteiger partial charge is 0 e. The molecular formula is C9H15Ru2. The molecule has 0 unspecified atom stereocenters. The summed E-state index contributed by atoms with van der Waals surface area (Å²) in [7, 11) is 0. The third-order valence-corrected chi connectivity index (χ3v) is 6.83. The second-order valence-electron chi connectivity index (χ2n) is 2.16. The van der Waals surface area contributed by atoms with Crippen LogP contribution in [0.2, 0.25) is 10.0 Å². The molecule has 1 aliphatic rings. The number of allylic oxidation sites excluding steroid dienone is 4. The first kappa shape index (κ1) is 11.7. The van der Waals surface area contributed by atoms with E-state index in [9.17, 15) is 0 Å². The van der Waals surface area contributed by atoms with Crippen LogP contribution in [0.25, 0.3) is 0 Å². The molecule has 0 saturated heterocycles. The Labute approximate surface area is 87.8 Å². The van der Waals surface area contributed by atoms with Crippen molar-refractivity contribution >= 4 is 0 Å². The molecule has 0 aromatic carbocycles. The molecule has 0 aromatic rings. The van der Waals surface area contributed by atoms with Gasteiger partial charge in [-0.2, -0.15) is 0 Å². The van der Waals surface area contributed by atoms with Crippen molar-refractivity contribution in [3.05, 3.63) is 22.4 Å². The maximum Gasteiger partial charge on any atom is 0 e. The van der Waals surface area contributed by atoms with Crippen LogP contribution in [0, 0.1) is 0 Å². The van der Waals surface area contributed by atoms with E-state index in [0.29, 0.717) is 0 Å². The standard InChI is InChI=1S/C5H5.2C2H5.2Ru/c1-2-4-5-3-1;2*1-2;;/h1-3H,4H2;2*1H2,2H3;;. The molecular weight excluding hydrogens is 310 g/mol. The summed E-state index contributed by atoms with van der Waals surface area (Å²) in [6.45, 7) is 4.67. The van der Waals surface area contributed by atoms with Crippen LogP contribution in [0.4, 0.5) is 0 Å². The van der Waals surface area contributed by atoms with Crippen LogP contribution in [0.1, 0.15) is 20.3 Å². The predicted octanol–water partition coefficient (Wildman–Crippen LogP) is 3.32. The van der Waals surface area contributed by atoms with Crippen molar-refractivity contribution in [2.45, 2.75) is 30.3 Å². The van der Waals surface area contributed by atoms with Crippen LogP contribution in [0.3, 0.4) is 0 Å². The zero-order valence-corrected chi connectivity index (χ0v) is 10.5. The monoisotopic (exact) mass is 327 g/mol. The first-order valence-corrected chi connectivity index (χ1v) is 7.14. The van der Waals surface area contributed by atoms with Gasteiger partial charge in [0.2, 0.25) is 0 Å². The Morgan fingerprint density at radius 1 is 1.36 bits per heavy atom. The largest absolute Gasteiger partial charge is 0 e. The van der Waals surface area contributed by atoms with Crippen molar-refractivity contribution in [1.82, 2.24) is 0 Å². The van der Waals surface area contributed by atoms with Gasteiger partial charge in [-0.15, -0.1) is 0 Å². The van der Waals surface area contributed by atoms with Gasteiger partial charge in [-0.05, 0) is 0 Å². The summed E-state index contributed by atoms with van der Waals surface area (Å²) in [5.41, 5.74) is 0. The van der Waals surface area contributed by atoms with Gasteiger partial charge in [-0.1, -0.05) is 0 Å². The van der Waals surface area contributed by atoms with Crippen LogP contribution < -0.4 is 0 Å². The normalized spacial score (nSPS) is 15.8. The molecule has 0 saturated carbocycles. The predicted molar refractivity (Wildman–Crippen MR) is 42.8 cm³/mol. The van der Waals surface area contributed by atoms with Gasteiger partial charge < -0.3 is 0 Å². The second kappa shape index (κ2) is 6.27. The average molecular weight is 325 g/mol. The van der Waals surface area contributed by atoms with E-state index in [4.69, 9.17) is 0 Å². The van der Waals surface area contributed by atoms with Crippen molar-refractivity contribution < 1.29 is 35.4 Å². The third kappa shape index (κ3) is 3.30. The summed E-state index contributed by atoms with van der Waals surface area (Å²) in [6, 6.07) is 0. The minimum atomic E-state index is -0.487. The zero-order valence-electron chi connectivity index (χ0n) is 7.06. The van der Waals surface area contributed by atoms with Crippen molar-refractivity contribution in [3.8, 4) is 0 Å². The van der Waals surface area contributed by atoms with Crippen molar-refractivity contribution in [3.63, 3.8) is 0 Å². The Bertz CT molecular complexity index is 155. The maximum atomic E-state index is 2.34. The molecule has 0 radical (unpaired) electrons. The first-order chi connectivity index (χ1) is 4.88. The molecule has 11 heavy (non-hydrogen) atoms. The Morgan fingerprint density at radius 2 is 2.00 bits per heavy atom. The Kier molecular flexibility index (Phi) is 6.68. The van der Waals surface area contributed by atoms with Crippen LogP contribution in [-0.4, -0.2) is 0 Å². The molecule has 1 rings (SSSR count). The molecule has 0 spiro atoms. The molecule has 0 aliphatic heterocycles. The number of hydrogen-bond donors (Lipinski definition) is 0. The quantitative estimate of drug-likeness (QED) is 0.698. The molecule has 0 amide bonds. The molecule has 1 aliphatic carbocycles. The van der Waals surface area contributed by atoms with E-state index < -0.39 is 16.0 Å². The summed E-state index contributed by atoms with van der Waals surface area (Å²) in [6.07, 6.45) is 8.09. The summed E-state index contributed by atoms with van der Waals surface area (Å²) in [5, 5.41) is 2.88. The Balaban J connectivity index is 0.000001000. The van der Waals surface area contributed by atoms with Crippen LogP contribution in [0.5, 0.6) is 0 Å². The van der Waals surface area contributed by atoms with Crippen molar-refractivity contribution in [1.29, 1.82) is 0 Å². The molecule has 0 heterocycles. The van der Waals surface area contributed by atoms with E-state index in [1.807, 2.05) is 0 Å². The van der Waals surface area contributed by atoms with E-state index in [1.54, 1.807) is 4.17 Å². The number of hydrogen-bond acceptors (Lipinski definition) is 0. The van der Waals surface area contributed by atoms with Crippen molar-refractivity contribution in [2.75, 3.05) is 0 Å². The SMILES string of the molecule is C[CH2][Ru]([CH2]C)[C]1=CC=CC1.[Ru]. The minimum Gasteiger partial charge on any atom is 0 e. The van der Waals surface area contributed by atoms with Gasteiger partial charge in [-0.25, -0.2) is 0 Å². The minimum absolute atomic E-state index is 0. The average Bonchev–Trinajstić information content (AvgIpc) is 2.43. The van der Waals surface area contributed by atoms with Crippen LogP contribution in [-0.2, 0) is 35.4 Å². The molecule has 67 valence electrons. The summed E-state index contributed by atoms with van der Waals surface area (Å²) < 4.78 is 1.77. The second-order valence-corrected chi connectivity index (χ2v) is 7.83. The Hall–Kier alpha value is 0.727. The molecule has 2 heteroatoms. The Morgan fingerprint density at radius 3 is 2.36 bits per heavy atom. The van der Waals surface area contributed by atoms with Gasteiger partial charge in [0, 0.05) is 19.5 Å². The van der Waals surface area contributed by atoms with Gasteiger partial charge in [0.05, 0.1) is 0 Å². The first-order valence-electron chi connectivity index (χ1n) is 3.81. The van der Waals surface area contributed by atoms with Gasteiger partial charge in [0.15, 0.2) is 0 Å². The van der Waals surface area contributed by atoms with Crippen LogP contribution in [0.15, 0.2) is 22.4 Å². The molecule has 0 bridgehead atoms. The summed E-state index contributed by atoms with van der Waals surface area (Å²) in [5.74, 6) is 0. The molecule has 0 fully saturated rings. The maximum absolute atomic E-state index is 2.34. The fourth-order valence-corrected chi connectivity index (χ4v) is 4.83. The molecule has 0 aromatic heterocycles. The molecule has 0 nitrogen and oxygen atoms in total. The summed E-state index contributed by atoms with van der Waals surface area (Å²) in [4.78, 5) is 0. The van der Waals surface area contributed by atoms with E-state index >= 15 is 0 Å². The molecule has 0 N–H and O–H groups in total. The summed E-state index contributed by atoms with van der Waals surface area (Å²) >= 11 is -0.487. The van der Waals surface area contributed by atoms with E-state index in [2.05, 4.69) is 32.1 Å². The van der Waals surface area contributed by atoms with E-state index in [1.165, 1.54) is 16.5 Å². The van der Waals surface area contributed by atoms with Gasteiger partial charge >= 0.3 is 68.6 Å². The van der Waals surface area contributed by atoms with Gasteiger partial charge in [0.1, 0.15) is 0 Å². The third-order valence-electron chi connectivity index (χ3n) is 1.64. The van der Waals surface area contributed by atoms with Gasteiger partial charge in [0.25, 0.3) is 0 Å². The zero-order chi connectivity index (χ0) is 7.40. The number of rotatable bonds is 3. The van der Waals surface area contributed by atoms with Crippen molar-refractivity contribution in [2.24, 2.45) is 0 Å². The van der Waals surface area contributed by atoms with E-state index in [0.717, 1.165) is 0 Å².